The van der Waals surface area contributed by atoms with Crippen molar-refractivity contribution in [2.45, 2.75) is 0 Å². The lowest BCUT2D eigenvalue weighted by Crippen LogP contribution is -2.10. The normalized spacial score (nSPS) is 11.2. The first kappa shape index (κ1) is 33.9. The van der Waals surface area contributed by atoms with Crippen molar-refractivity contribution in [1.29, 1.82) is 0 Å². The molecule has 0 unspecified atom stereocenters. The van der Waals surface area contributed by atoms with Crippen molar-refractivity contribution in [3.05, 3.63) is 231 Å². The Bertz CT molecular complexity index is 2900. The van der Waals surface area contributed by atoms with E-state index in [9.17, 15) is 0 Å². The van der Waals surface area contributed by atoms with Gasteiger partial charge in [0.2, 0.25) is 0 Å². The Balaban J connectivity index is 1.03. The summed E-state index contributed by atoms with van der Waals surface area (Å²) in [5, 5.41) is 2.27. The number of hydrogen-bond acceptors (Lipinski definition) is 3. The average Bonchev–Trinajstić information content (AvgIpc) is 3.66. The molecule has 3 nitrogen and oxygen atoms in total. The van der Waals surface area contributed by atoms with Gasteiger partial charge in [0.25, 0.3) is 0 Å². The van der Waals surface area contributed by atoms with E-state index in [1.165, 1.54) is 11.1 Å². The molecule has 0 radical (unpaired) electrons. The minimum Gasteiger partial charge on any atom is -0.456 e. The fraction of sp³-hybridized carbons (Fsp3) is 0. The molecule has 0 amide bonds. The molecular weight excluding hydrogens is 693 g/mol. The molecule has 10 aromatic rings. The van der Waals surface area contributed by atoms with Crippen molar-refractivity contribution in [2.75, 3.05) is 9.80 Å². The highest BCUT2D eigenvalue weighted by Gasteiger charge is 2.17. The topological polar surface area (TPSA) is 19.6 Å². The first-order valence-electron chi connectivity index (χ1n) is 19.3. The van der Waals surface area contributed by atoms with Gasteiger partial charge < -0.3 is 14.2 Å². The highest BCUT2D eigenvalue weighted by Crippen LogP contribution is 2.41. The number of rotatable bonds is 9. The summed E-state index contributed by atoms with van der Waals surface area (Å²) in [6.07, 6.45) is 0. The van der Waals surface area contributed by atoms with Gasteiger partial charge in [-0.25, -0.2) is 0 Å². The van der Waals surface area contributed by atoms with Crippen molar-refractivity contribution in [3.8, 4) is 33.4 Å². The predicted octanol–water partition coefficient (Wildman–Crippen LogP) is 15.5. The Morgan fingerprint density at radius 2 is 0.596 bits per heavy atom. The van der Waals surface area contributed by atoms with Crippen LogP contribution >= 0.6 is 0 Å². The molecule has 0 bridgehead atoms. The maximum absolute atomic E-state index is 6.24. The fourth-order valence-electron chi connectivity index (χ4n) is 7.84. The van der Waals surface area contributed by atoms with E-state index in [1.54, 1.807) is 0 Å². The van der Waals surface area contributed by atoms with Crippen LogP contribution in [0.1, 0.15) is 0 Å². The molecule has 0 aliphatic heterocycles. The predicted molar refractivity (Wildman–Crippen MR) is 239 cm³/mol. The molecule has 0 aliphatic rings. The molecule has 270 valence electrons. The Morgan fingerprint density at radius 3 is 1.16 bits per heavy atom. The molecule has 9 aromatic carbocycles. The van der Waals surface area contributed by atoms with E-state index >= 15 is 0 Å². The summed E-state index contributed by atoms with van der Waals surface area (Å²) in [5.41, 5.74) is 15.3. The summed E-state index contributed by atoms with van der Waals surface area (Å²) in [6.45, 7) is 0. The minimum absolute atomic E-state index is 0.898. The minimum atomic E-state index is 0.898. The van der Waals surface area contributed by atoms with Gasteiger partial charge in [-0.15, -0.1) is 0 Å². The first-order valence-corrected chi connectivity index (χ1v) is 19.3. The maximum Gasteiger partial charge on any atom is 0.136 e. The Kier molecular flexibility index (Phi) is 8.86. The van der Waals surface area contributed by atoms with Crippen molar-refractivity contribution in [1.82, 2.24) is 0 Å². The highest BCUT2D eigenvalue weighted by molar-refractivity contribution is 6.06. The van der Waals surface area contributed by atoms with E-state index in [2.05, 4.69) is 228 Å². The van der Waals surface area contributed by atoms with Gasteiger partial charge in [-0.05, 0) is 124 Å². The fourth-order valence-corrected chi connectivity index (χ4v) is 7.84. The third-order valence-corrected chi connectivity index (χ3v) is 10.6. The number of anilines is 6. The lowest BCUT2D eigenvalue weighted by molar-refractivity contribution is 0.669. The van der Waals surface area contributed by atoms with E-state index in [1.807, 2.05) is 12.1 Å². The Labute approximate surface area is 333 Å². The van der Waals surface area contributed by atoms with Gasteiger partial charge in [-0.2, -0.15) is 0 Å². The number of benzene rings is 9. The van der Waals surface area contributed by atoms with Crippen LogP contribution in [0.5, 0.6) is 0 Å². The molecular formula is C54H38N2O. The van der Waals surface area contributed by atoms with Gasteiger partial charge in [0.05, 0.1) is 0 Å². The zero-order chi connectivity index (χ0) is 38.0. The second kappa shape index (κ2) is 14.9. The van der Waals surface area contributed by atoms with Gasteiger partial charge in [0.15, 0.2) is 0 Å². The summed E-state index contributed by atoms with van der Waals surface area (Å²) in [5.74, 6) is 0. The van der Waals surface area contributed by atoms with Crippen LogP contribution in [-0.4, -0.2) is 0 Å². The number of hydrogen-bond donors (Lipinski definition) is 0. The number of para-hydroxylation sites is 3. The van der Waals surface area contributed by atoms with Crippen LogP contribution in [0.3, 0.4) is 0 Å². The number of nitrogens with zero attached hydrogens (tertiary/aromatic N) is 2. The second-order valence-electron chi connectivity index (χ2n) is 14.2. The molecule has 3 heteroatoms. The third-order valence-electron chi connectivity index (χ3n) is 10.6. The molecule has 1 aromatic heterocycles. The molecule has 0 spiro atoms. The van der Waals surface area contributed by atoms with Crippen molar-refractivity contribution < 1.29 is 4.42 Å². The van der Waals surface area contributed by atoms with E-state index < -0.39 is 0 Å². The quantitative estimate of drug-likeness (QED) is 0.147. The summed E-state index contributed by atoms with van der Waals surface area (Å²) in [7, 11) is 0. The Hall–Kier alpha value is -7.62. The van der Waals surface area contributed by atoms with Crippen LogP contribution in [0.4, 0.5) is 34.1 Å². The van der Waals surface area contributed by atoms with Crippen molar-refractivity contribution >= 4 is 56.1 Å². The number of fused-ring (bicyclic) bond motifs is 3. The molecule has 57 heavy (non-hydrogen) atoms. The summed E-state index contributed by atoms with van der Waals surface area (Å²) in [6, 6.07) is 81.7. The second-order valence-corrected chi connectivity index (χ2v) is 14.2. The van der Waals surface area contributed by atoms with Crippen LogP contribution in [0.2, 0.25) is 0 Å². The van der Waals surface area contributed by atoms with Crippen LogP contribution in [-0.2, 0) is 0 Å². The van der Waals surface area contributed by atoms with Gasteiger partial charge in [0.1, 0.15) is 11.2 Å². The van der Waals surface area contributed by atoms with Gasteiger partial charge in [-0.3, -0.25) is 0 Å². The first-order chi connectivity index (χ1) is 28.2. The summed E-state index contributed by atoms with van der Waals surface area (Å²) >= 11 is 0. The smallest absolute Gasteiger partial charge is 0.136 e. The third kappa shape index (κ3) is 6.73. The average molecular weight is 731 g/mol. The number of furan rings is 1. The van der Waals surface area contributed by atoms with E-state index in [4.69, 9.17) is 4.42 Å². The molecule has 1 heterocycles. The van der Waals surface area contributed by atoms with Crippen LogP contribution in [0, 0.1) is 0 Å². The molecule has 10 rings (SSSR count). The monoisotopic (exact) mass is 730 g/mol. The van der Waals surface area contributed by atoms with E-state index in [-0.39, 0.29) is 0 Å². The summed E-state index contributed by atoms with van der Waals surface area (Å²) in [4.78, 5) is 4.65. The lowest BCUT2D eigenvalue weighted by atomic mass is 10.0. The zero-order valence-electron chi connectivity index (χ0n) is 31.2. The molecule has 0 N–H and O–H groups in total. The van der Waals surface area contributed by atoms with Crippen LogP contribution in [0.25, 0.3) is 55.3 Å². The van der Waals surface area contributed by atoms with Gasteiger partial charge >= 0.3 is 0 Å². The molecule has 0 atom stereocenters. The standard InChI is InChI=1S/C54H38N2O/c1-4-14-39(15-5-1)40-26-31-47(32-27-40)56(48-33-28-41(29-34-48)44-30-35-52-51-24-10-11-25-53(51)57-54(52)38-44)50-23-13-17-43(37-50)42-16-12-22-49(36-42)55(45-18-6-2-7-19-45)46-20-8-3-9-21-46/h1-38H. The molecule has 0 saturated heterocycles. The Morgan fingerprint density at radius 1 is 0.228 bits per heavy atom. The highest BCUT2D eigenvalue weighted by atomic mass is 16.3. The molecule has 0 fully saturated rings. The van der Waals surface area contributed by atoms with Gasteiger partial charge in [0, 0.05) is 44.9 Å². The van der Waals surface area contributed by atoms with E-state index in [0.29, 0.717) is 0 Å². The van der Waals surface area contributed by atoms with Crippen molar-refractivity contribution in [2.24, 2.45) is 0 Å². The molecule has 0 aliphatic carbocycles. The SMILES string of the molecule is c1ccc(-c2ccc(N(c3ccc(-c4ccc5c(c4)oc4ccccc45)cc3)c3cccc(-c4cccc(N(c5ccccc5)c5ccccc5)c4)c3)cc2)cc1. The summed E-state index contributed by atoms with van der Waals surface area (Å²) < 4.78 is 6.24. The maximum atomic E-state index is 6.24. The van der Waals surface area contributed by atoms with Crippen LogP contribution in [0.15, 0.2) is 235 Å². The van der Waals surface area contributed by atoms with Crippen LogP contribution < -0.4 is 9.80 Å². The van der Waals surface area contributed by atoms with E-state index in [0.717, 1.165) is 78.3 Å². The van der Waals surface area contributed by atoms with Crippen molar-refractivity contribution in [3.63, 3.8) is 0 Å². The molecule has 0 saturated carbocycles. The zero-order valence-corrected chi connectivity index (χ0v) is 31.2. The lowest BCUT2D eigenvalue weighted by Gasteiger charge is -2.27. The van der Waals surface area contributed by atoms with Gasteiger partial charge in [-0.1, -0.05) is 140 Å². The largest absolute Gasteiger partial charge is 0.456 e.